The normalized spacial score (nSPS) is 21.9. The predicted molar refractivity (Wildman–Crippen MR) is 93.7 cm³/mol. The van der Waals surface area contributed by atoms with E-state index in [4.69, 9.17) is 22.1 Å². The molecule has 2 aromatic rings. The largest absolute Gasteiger partial charge is 0.381 e. The molecule has 0 radical (unpaired) electrons. The highest BCUT2D eigenvalue weighted by atomic mass is 79.9. The molecule has 1 spiro atoms. The van der Waals surface area contributed by atoms with Crippen molar-refractivity contribution in [2.75, 3.05) is 24.3 Å². The van der Waals surface area contributed by atoms with E-state index in [2.05, 4.69) is 49.4 Å². The Kier molecular flexibility index (Phi) is 3.70. The molecular formula is C16H16BrClN4O. The molecule has 120 valence electrons. The van der Waals surface area contributed by atoms with E-state index in [-0.39, 0.29) is 17.4 Å². The van der Waals surface area contributed by atoms with Crippen LogP contribution in [0.2, 0.25) is 5.02 Å². The number of nitrogens with zero attached hydrogens (tertiary/aromatic N) is 2. The molecule has 7 heteroatoms. The fraction of sp³-hybridized carbons (Fsp3) is 0.375. The average molecular weight is 396 g/mol. The average Bonchev–Trinajstić information content (AvgIpc) is 2.84. The lowest BCUT2D eigenvalue weighted by atomic mass is 9.70. The van der Waals surface area contributed by atoms with Gasteiger partial charge in [-0.1, -0.05) is 33.6 Å². The highest BCUT2D eigenvalue weighted by Gasteiger charge is 2.49. The molecule has 0 saturated carbocycles. The second-order valence-electron chi connectivity index (χ2n) is 6.00. The maximum Gasteiger partial charge on any atom is 0.220 e. The molecule has 1 aromatic carbocycles. The number of aromatic nitrogens is 2. The van der Waals surface area contributed by atoms with E-state index in [9.17, 15) is 0 Å². The number of halogens is 2. The number of nitrogens with two attached hydrogens (primary N) is 1. The summed E-state index contributed by atoms with van der Waals surface area (Å²) in [5, 5.41) is 4.14. The minimum absolute atomic E-state index is 0.0338. The molecule has 2 aliphatic heterocycles. The van der Waals surface area contributed by atoms with Crippen molar-refractivity contribution in [3.8, 4) is 0 Å². The third-order valence-electron chi connectivity index (χ3n) is 4.82. The smallest absolute Gasteiger partial charge is 0.220 e. The molecule has 0 amide bonds. The lowest BCUT2D eigenvalue weighted by molar-refractivity contribution is 0.0453. The van der Waals surface area contributed by atoms with Crippen molar-refractivity contribution in [2.24, 2.45) is 0 Å². The van der Waals surface area contributed by atoms with Crippen molar-refractivity contribution >= 4 is 39.2 Å². The SMILES string of the molecule is Nc1ncc(Cl)c(C2Nc3cc(Br)ccc3C23CCOCC3)n1. The summed E-state index contributed by atoms with van der Waals surface area (Å²) in [5.41, 5.74) is 8.88. The molecule has 4 rings (SSSR count). The summed E-state index contributed by atoms with van der Waals surface area (Å²) < 4.78 is 6.65. The second-order valence-corrected chi connectivity index (χ2v) is 7.32. The molecule has 23 heavy (non-hydrogen) atoms. The highest BCUT2D eigenvalue weighted by molar-refractivity contribution is 9.10. The Hall–Kier alpha value is -1.37. The van der Waals surface area contributed by atoms with Crippen LogP contribution in [0.3, 0.4) is 0 Å². The maximum absolute atomic E-state index is 6.39. The minimum atomic E-state index is -0.0846. The molecule has 2 aliphatic rings. The van der Waals surface area contributed by atoms with E-state index in [0.29, 0.717) is 5.02 Å². The van der Waals surface area contributed by atoms with Crippen LogP contribution >= 0.6 is 27.5 Å². The predicted octanol–water partition coefficient (Wildman–Crippen LogP) is 3.69. The zero-order valence-corrected chi connectivity index (χ0v) is 14.7. The van der Waals surface area contributed by atoms with Gasteiger partial charge in [0.05, 0.1) is 23.0 Å². The number of hydrogen-bond acceptors (Lipinski definition) is 5. The summed E-state index contributed by atoms with van der Waals surface area (Å²) in [4.78, 5) is 8.41. The van der Waals surface area contributed by atoms with Crippen LogP contribution in [0.4, 0.5) is 11.6 Å². The Morgan fingerprint density at radius 2 is 2.13 bits per heavy atom. The van der Waals surface area contributed by atoms with Crippen molar-refractivity contribution in [1.82, 2.24) is 9.97 Å². The standard InChI is InChI=1S/C16H16BrClN4O/c17-9-1-2-10-12(7-9)21-14(16(10)3-5-23-6-4-16)13-11(18)8-20-15(19)22-13/h1-2,7-8,14,21H,3-6H2,(H2,19,20,22). The fourth-order valence-electron chi connectivity index (χ4n) is 3.74. The Balaban J connectivity index is 1.88. The van der Waals surface area contributed by atoms with Crippen molar-refractivity contribution in [1.29, 1.82) is 0 Å². The first-order valence-corrected chi connectivity index (χ1v) is 8.69. The zero-order valence-electron chi connectivity index (χ0n) is 12.4. The summed E-state index contributed by atoms with van der Waals surface area (Å²) in [6.07, 6.45) is 3.41. The number of ether oxygens (including phenoxy) is 1. The number of nitrogens with one attached hydrogen (secondary N) is 1. The van der Waals surface area contributed by atoms with Crippen LogP contribution in [0.1, 0.15) is 30.1 Å². The first kappa shape index (κ1) is 15.2. The van der Waals surface area contributed by atoms with Gasteiger partial charge in [-0.25, -0.2) is 9.97 Å². The van der Waals surface area contributed by atoms with Crippen LogP contribution in [0.15, 0.2) is 28.9 Å². The van der Waals surface area contributed by atoms with Gasteiger partial charge in [0.25, 0.3) is 0 Å². The molecule has 1 unspecified atom stereocenters. The van der Waals surface area contributed by atoms with Gasteiger partial charge in [-0.3, -0.25) is 0 Å². The van der Waals surface area contributed by atoms with Crippen LogP contribution < -0.4 is 11.1 Å². The van der Waals surface area contributed by atoms with E-state index < -0.39 is 0 Å². The van der Waals surface area contributed by atoms with Crippen molar-refractivity contribution in [3.05, 3.63) is 45.1 Å². The summed E-state index contributed by atoms with van der Waals surface area (Å²) in [5.74, 6) is 0.241. The third kappa shape index (κ3) is 2.40. The minimum Gasteiger partial charge on any atom is -0.381 e. The van der Waals surface area contributed by atoms with Gasteiger partial charge in [0.15, 0.2) is 0 Å². The summed E-state index contributed by atoms with van der Waals surface area (Å²) in [6, 6.07) is 6.32. The molecule has 1 saturated heterocycles. The van der Waals surface area contributed by atoms with Crippen LogP contribution in [-0.2, 0) is 10.2 Å². The number of nitrogen functional groups attached to an aromatic ring is 1. The Labute approximate surface area is 147 Å². The fourth-order valence-corrected chi connectivity index (χ4v) is 4.30. The van der Waals surface area contributed by atoms with Gasteiger partial charge >= 0.3 is 0 Å². The van der Waals surface area contributed by atoms with E-state index in [1.165, 1.54) is 5.56 Å². The van der Waals surface area contributed by atoms with E-state index in [1.54, 1.807) is 6.20 Å². The van der Waals surface area contributed by atoms with Gasteiger partial charge < -0.3 is 15.8 Å². The van der Waals surface area contributed by atoms with Crippen LogP contribution in [-0.4, -0.2) is 23.2 Å². The topological polar surface area (TPSA) is 73.1 Å². The zero-order chi connectivity index (χ0) is 16.0. The van der Waals surface area contributed by atoms with Gasteiger partial charge in [-0.15, -0.1) is 0 Å². The Morgan fingerprint density at radius 1 is 1.35 bits per heavy atom. The Bertz CT molecular complexity index is 764. The molecule has 3 N–H and O–H groups in total. The summed E-state index contributed by atoms with van der Waals surface area (Å²) in [6.45, 7) is 1.46. The van der Waals surface area contributed by atoms with Gasteiger partial charge in [0, 0.05) is 28.8 Å². The van der Waals surface area contributed by atoms with Crippen molar-refractivity contribution < 1.29 is 4.74 Å². The van der Waals surface area contributed by atoms with Gasteiger partial charge in [0.2, 0.25) is 5.95 Å². The lowest BCUT2D eigenvalue weighted by Gasteiger charge is -2.39. The summed E-state index contributed by atoms with van der Waals surface area (Å²) >= 11 is 9.94. The van der Waals surface area contributed by atoms with E-state index >= 15 is 0 Å². The van der Waals surface area contributed by atoms with E-state index in [1.807, 2.05) is 0 Å². The number of anilines is 2. The Morgan fingerprint density at radius 3 is 2.91 bits per heavy atom. The summed E-state index contributed by atoms with van der Waals surface area (Å²) in [7, 11) is 0. The van der Waals surface area contributed by atoms with Crippen LogP contribution in [0.5, 0.6) is 0 Å². The first-order valence-electron chi connectivity index (χ1n) is 7.52. The quantitative estimate of drug-likeness (QED) is 0.770. The van der Waals surface area contributed by atoms with E-state index in [0.717, 1.165) is 41.9 Å². The second kappa shape index (κ2) is 5.61. The molecular weight excluding hydrogens is 380 g/mol. The van der Waals surface area contributed by atoms with Gasteiger partial charge in [-0.2, -0.15) is 0 Å². The lowest BCUT2D eigenvalue weighted by Crippen LogP contribution is -2.38. The number of fused-ring (bicyclic) bond motifs is 2. The molecule has 1 atom stereocenters. The maximum atomic E-state index is 6.39. The van der Waals surface area contributed by atoms with Crippen molar-refractivity contribution in [2.45, 2.75) is 24.3 Å². The van der Waals surface area contributed by atoms with Gasteiger partial charge in [-0.05, 0) is 30.5 Å². The molecule has 1 aromatic heterocycles. The molecule has 5 nitrogen and oxygen atoms in total. The molecule has 0 aliphatic carbocycles. The van der Waals surface area contributed by atoms with Crippen molar-refractivity contribution in [3.63, 3.8) is 0 Å². The molecule has 0 bridgehead atoms. The number of rotatable bonds is 1. The third-order valence-corrected chi connectivity index (χ3v) is 5.60. The van der Waals surface area contributed by atoms with Gasteiger partial charge in [0.1, 0.15) is 0 Å². The molecule has 3 heterocycles. The molecule has 1 fully saturated rings. The van der Waals surface area contributed by atoms with Crippen LogP contribution in [0, 0.1) is 0 Å². The highest BCUT2D eigenvalue weighted by Crippen LogP contribution is 2.55. The monoisotopic (exact) mass is 394 g/mol. The van der Waals surface area contributed by atoms with Crippen LogP contribution in [0.25, 0.3) is 0 Å². The number of hydrogen-bond donors (Lipinski definition) is 2. The first-order chi connectivity index (χ1) is 11.1. The number of benzene rings is 1.